The van der Waals surface area contributed by atoms with Crippen LogP contribution in [0.5, 0.6) is 0 Å². The first-order valence-electron chi connectivity index (χ1n) is 9.24. The normalized spacial score (nSPS) is 10.5. The Bertz CT molecular complexity index is 1000. The minimum absolute atomic E-state index is 0. The Kier molecular flexibility index (Phi) is 9.44. The third kappa shape index (κ3) is 5.52. The highest BCUT2D eigenvalue weighted by Crippen LogP contribution is 2.34. The summed E-state index contributed by atoms with van der Waals surface area (Å²) in [6, 6.07) is 11.9. The van der Waals surface area contributed by atoms with Gasteiger partial charge in [0, 0.05) is 64.1 Å². The van der Waals surface area contributed by atoms with Crippen molar-refractivity contribution in [3.05, 3.63) is 58.1 Å². The van der Waals surface area contributed by atoms with E-state index in [9.17, 15) is 0 Å². The second kappa shape index (κ2) is 11.6. The van der Waals surface area contributed by atoms with Crippen LogP contribution in [0.4, 0.5) is 17.1 Å². The SMILES string of the molecule is CCNc1ccnc2cc(Cl)ccc12.Cl.ClCCNc1c(NCCCl)c2ccc1=2. The molecule has 0 saturated carbocycles. The monoisotopic (exact) mass is 472 g/mol. The predicted molar refractivity (Wildman–Crippen MR) is 131 cm³/mol. The van der Waals surface area contributed by atoms with Crippen molar-refractivity contribution >= 4 is 75.2 Å². The molecule has 0 unspecified atom stereocenters. The Labute approximate surface area is 192 Å². The standard InChI is InChI=1S/C11H11ClN2.C10H12Cl2N2.ClH/c1-2-13-10-5-6-14-11-7-8(12)3-4-9(10)11;11-3-5-13-9-7-1-2-8(7)10(9)14-6-4-12;/h3-7H,2H2,1H3,(H,13,14);1-2,13-14H,3-6H2;1H. The molecule has 3 N–H and O–H groups in total. The molecule has 0 spiro atoms. The summed E-state index contributed by atoms with van der Waals surface area (Å²) in [6.07, 6.45) is 1.79. The summed E-state index contributed by atoms with van der Waals surface area (Å²) in [6.45, 7) is 4.57. The van der Waals surface area contributed by atoms with Crippen LogP contribution in [-0.2, 0) is 0 Å². The van der Waals surface area contributed by atoms with Crippen LogP contribution in [0.3, 0.4) is 0 Å². The van der Waals surface area contributed by atoms with Crippen LogP contribution in [0.1, 0.15) is 6.92 Å². The number of benzene rings is 2. The predicted octanol–water partition coefficient (Wildman–Crippen LogP) is 6.33. The summed E-state index contributed by atoms with van der Waals surface area (Å²) in [7, 11) is 0. The molecule has 1 aromatic carbocycles. The lowest BCUT2D eigenvalue weighted by atomic mass is 10.0. The third-order valence-electron chi connectivity index (χ3n) is 4.36. The summed E-state index contributed by atoms with van der Waals surface area (Å²) in [5.74, 6) is 1.25. The summed E-state index contributed by atoms with van der Waals surface area (Å²) in [4.78, 5) is 4.26. The number of anilines is 3. The third-order valence-corrected chi connectivity index (χ3v) is 4.97. The molecule has 8 heteroatoms. The molecule has 1 heterocycles. The first-order valence-corrected chi connectivity index (χ1v) is 10.7. The molecule has 2 aliphatic carbocycles. The highest BCUT2D eigenvalue weighted by Gasteiger charge is 2.14. The van der Waals surface area contributed by atoms with Crippen molar-refractivity contribution in [3.63, 3.8) is 0 Å². The topological polar surface area (TPSA) is 49.0 Å². The first-order chi connectivity index (χ1) is 13.7. The van der Waals surface area contributed by atoms with E-state index in [1.54, 1.807) is 6.20 Å². The van der Waals surface area contributed by atoms with Gasteiger partial charge in [-0.15, -0.1) is 35.6 Å². The Morgan fingerprint density at radius 2 is 1.48 bits per heavy atom. The van der Waals surface area contributed by atoms with Gasteiger partial charge in [0.1, 0.15) is 0 Å². The fourth-order valence-corrected chi connectivity index (χ4v) is 3.43. The van der Waals surface area contributed by atoms with Gasteiger partial charge in [0.15, 0.2) is 0 Å². The fraction of sp³-hybridized carbons (Fsp3) is 0.286. The van der Waals surface area contributed by atoms with Gasteiger partial charge in [0.05, 0.1) is 16.9 Å². The Morgan fingerprint density at radius 3 is 2.00 bits per heavy atom. The van der Waals surface area contributed by atoms with Gasteiger partial charge < -0.3 is 16.0 Å². The maximum Gasteiger partial charge on any atom is 0.0737 e. The van der Waals surface area contributed by atoms with E-state index in [-0.39, 0.29) is 12.4 Å². The Morgan fingerprint density at radius 1 is 0.862 bits per heavy atom. The van der Waals surface area contributed by atoms with Gasteiger partial charge in [-0.1, -0.05) is 23.7 Å². The van der Waals surface area contributed by atoms with Gasteiger partial charge in [0.25, 0.3) is 0 Å². The molecule has 0 bridgehead atoms. The molecule has 2 aliphatic rings. The maximum absolute atomic E-state index is 5.89. The average Bonchev–Trinajstić information content (AvgIpc) is 2.68. The minimum Gasteiger partial charge on any atom is -0.385 e. The van der Waals surface area contributed by atoms with Gasteiger partial charge in [0.2, 0.25) is 0 Å². The molecule has 1 aromatic heterocycles. The zero-order valence-electron chi connectivity index (χ0n) is 16.1. The number of hydrogen-bond donors (Lipinski definition) is 3. The van der Waals surface area contributed by atoms with Crippen LogP contribution >= 0.6 is 47.2 Å². The first kappa shape index (κ1) is 23.7. The van der Waals surface area contributed by atoms with Crippen molar-refractivity contribution in [2.24, 2.45) is 0 Å². The van der Waals surface area contributed by atoms with Crippen molar-refractivity contribution < 1.29 is 0 Å². The number of nitrogens with one attached hydrogen (secondary N) is 3. The van der Waals surface area contributed by atoms with E-state index in [1.807, 2.05) is 24.3 Å². The number of rotatable bonds is 8. The quantitative estimate of drug-likeness (QED) is 0.261. The molecule has 0 saturated heterocycles. The van der Waals surface area contributed by atoms with Gasteiger partial charge in [-0.3, -0.25) is 4.98 Å². The van der Waals surface area contributed by atoms with Crippen LogP contribution in [0.25, 0.3) is 10.9 Å². The molecular formula is C21H24Cl4N4. The average molecular weight is 474 g/mol. The summed E-state index contributed by atoms with van der Waals surface area (Å²) in [5.41, 5.74) is 4.41. The molecule has 2 aromatic rings. The Balaban J connectivity index is 0.000000200. The van der Waals surface area contributed by atoms with E-state index in [0.717, 1.165) is 41.2 Å². The smallest absolute Gasteiger partial charge is 0.0737 e. The van der Waals surface area contributed by atoms with Crippen LogP contribution < -0.4 is 16.0 Å². The van der Waals surface area contributed by atoms with Gasteiger partial charge in [-0.05, 0) is 31.2 Å². The van der Waals surface area contributed by atoms with Crippen LogP contribution in [-0.4, -0.2) is 36.4 Å². The summed E-state index contributed by atoms with van der Waals surface area (Å²) < 4.78 is 0. The number of halogens is 4. The van der Waals surface area contributed by atoms with Crippen LogP contribution in [0.2, 0.25) is 5.02 Å². The van der Waals surface area contributed by atoms with E-state index in [2.05, 4.69) is 40.0 Å². The number of pyridine rings is 1. The van der Waals surface area contributed by atoms with Crippen molar-refractivity contribution in [1.29, 1.82) is 0 Å². The summed E-state index contributed by atoms with van der Waals surface area (Å²) in [5, 5.41) is 14.3. The lowest BCUT2D eigenvalue weighted by molar-refractivity contribution is 1.15. The molecule has 156 valence electrons. The summed E-state index contributed by atoms with van der Waals surface area (Å²) >= 11 is 17.1. The molecule has 0 atom stereocenters. The van der Waals surface area contributed by atoms with E-state index in [4.69, 9.17) is 34.8 Å². The Hall–Kier alpha value is -1.59. The zero-order chi connectivity index (χ0) is 19.9. The van der Waals surface area contributed by atoms with Crippen molar-refractivity contribution in [2.45, 2.75) is 6.92 Å². The molecule has 0 aliphatic heterocycles. The van der Waals surface area contributed by atoms with Gasteiger partial charge in [-0.2, -0.15) is 0 Å². The number of hydrogen-bond acceptors (Lipinski definition) is 4. The fourth-order valence-electron chi connectivity index (χ4n) is 3.07. The zero-order valence-corrected chi connectivity index (χ0v) is 19.2. The van der Waals surface area contributed by atoms with E-state index >= 15 is 0 Å². The van der Waals surface area contributed by atoms with Crippen molar-refractivity contribution in [1.82, 2.24) is 4.98 Å². The van der Waals surface area contributed by atoms with E-state index < -0.39 is 0 Å². The van der Waals surface area contributed by atoms with E-state index in [0.29, 0.717) is 11.8 Å². The molecule has 4 nitrogen and oxygen atoms in total. The van der Waals surface area contributed by atoms with Crippen molar-refractivity contribution in [3.8, 4) is 0 Å². The largest absolute Gasteiger partial charge is 0.385 e. The van der Waals surface area contributed by atoms with Gasteiger partial charge >= 0.3 is 0 Å². The lowest BCUT2D eigenvalue weighted by Gasteiger charge is -2.21. The second-order valence-corrected chi connectivity index (χ2v) is 7.38. The second-order valence-electron chi connectivity index (χ2n) is 6.19. The number of fused-ring (bicyclic) bond motifs is 1. The molecule has 0 fully saturated rings. The van der Waals surface area contributed by atoms with Crippen LogP contribution in [0, 0.1) is 10.4 Å². The van der Waals surface area contributed by atoms with E-state index in [1.165, 1.54) is 21.8 Å². The lowest BCUT2D eigenvalue weighted by Crippen LogP contribution is -2.14. The number of aromatic nitrogens is 1. The molecular weight excluding hydrogens is 450 g/mol. The molecule has 4 rings (SSSR count). The highest BCUT2D eigenvalue weighted by atomic mass is 35.5. The maximum atomic E-state index is 5.89. The highest BCUT2D eigenvalue weighted by molar-refractivity contribution is 6.31. The molecule has 0 amide bonds. The molecule has 0 radical (unpaired) electrons. The molecule has 29 heavy (non-hydrogen) atoms. The minimum atomic E-state index is 0. The number of alkyl halides is 2. The van der Waals surface area contributed by atoms with Gasteiger partial charge in [-0.25, -0.2) is 0 Å². The van der Waals surface area contributed by atoms with Crippen molar-refractivity contribution in [2.75, 3.05) is 47.3 Å². The number of nitrogens with zero attached hydrogens (tertiary/aromatic N) is 1. The van der Waals surface area contributed by atoms with Crippen LogP contribution in [0.15, 0.2) is 42.6 Å².